The SMILES string of the molecule is CCNC(=NCC1(N(C)C)CCOCC1)NCC(c1cccs1)N1CCC(C)CC1.I. The number of piperidine rings is 1. The number of guanidine groups is 1. The van der Waals surface area contributed by atoms with Crippen LogP contribution >= 0.6 is 35.3 Å². The Morgan fingerprint density at radius 3 is 2.58 bits per heavy atom. The minimum absolute atomic E-state index is 0. The lowest BCUT2D eigenvalue weighted by Gasteiger charge is -2.41. The third-order valence-electron chi connectivity index (χ3n) is 6.84. The molecule has 3 heterocycles. The molecule has 1 unspecified atom stereocenters. The molecule has 0 aromatic carbocycles. The van der Waals surface area contributed by atoms with Crippen LogP contribution in [0.4, 0.5) is 0 Å². The van der Waals surface area contributed by atoms with Crippen molar-refractivity contribution in [2.24, 2.45) is 10.9 Å². The van der Waals surface area contributed by atoms with Crippen molar-refractivity contribution < 1.29 is 4.74 Å². The second kappa shape index (κ2) is 13.3. The topological polar surface area (TPSA) is 52.1 Å². The zero-order valence-corrected chi connectivity index (χ0v) is 22.9. The number of nitrogens with one attached hydrogen (secondary N) is 2. The van der Waals surface area contributed by atoms with E-state index in [0.29, 0.717) is 6.04 Å². The highest BCUT2D eigenvalue weighted by Gasteiger charge is 2.34. The zero-order chi connectivity index (χ0) is 21.4. The third kappa shape index (κ3) is 7.55. The van der Waals surface area contributed by atoms with Crippen molar-refractivity contribution in [3.63, 3.8) is 0 Å². The standard InChI is InChI=1S/C23H41N5OS.HI/c1-5-24-22(26-18-23(27(3)4)10-14-29-15-11-23)25-17-20(21-7-6-16-30-21)28-12-8-19(2)9-13-28;/h6-7,16,19-20H,5,8-15,17-18H2,1-4H3,(H2,24,25,26);1H. The van der Waals surface area contributed by atoms with Gasteiger partial charge in [-0.25, -0.2) is 0 Å². The van der Waals surface area contributed by atoms with E-state index >= 15 is 0 Å². The monoisotopic (exact) mass is 563 g/mol. The Morgan fingerprint density at radius 1 is 1.29 bits per heavy atom. The first kappa shape index (κ1) is 26.8. The molecule has 0 saturated carbocycles. The molecular formula is C23H42IN5OS. The van der Waals surface area contributed by atoms with Crippen molar-refractivity contribution in [3.8, 4) is 0 Å². The molecule has 1 atom stereocenters. The summed E-state index contributed by atoms with van der Waals surface area (Å²) in [7, 11) is 4.34. The second-order valence-electron chi connectivity index (χ2n) is 9.06. The molecule has 1 aromatic rings. The largest absolute Gasteiger partial charge is 0.381 e. The van der Waals surface area contributed by atoms with Crippen LogP contribution < -0.4 is 10.6 Å². The summed E-state index contributed by atoms with van der Waals surface area (Å²) in [4.78, 5) is 11.5. The van der Waals surface area contributed by atoms with E-state index in [1.54, 1.807) is 0 Å². The summed E-state index contributed by atoms with van der Waals surface area (Å²) < 4.78 is 5.61. The molecule has 6 nitrogen and oxygen atoms in total. The molecule has 2 saturated heterocycles. The smallest absolute Gasteiger partial charge is 0.191 e. The van der Waals surface area contributed by atoms with Gasteiger partial charge >= 0.3 is 0 Å². The van der Waals surface area contributed by atoms with Crippen molar-refractivity contribution in [1.82, 2.24) is 20.4 Å². The molecule has 2 fully saturated rings. The predicted molar refractivity (Wildman–Crippen MR) is 143 cm³/mol. The molecule has 178 valence electrons. The Balaban J connectivity index is 0.00000341. The lowest BCUT2D eigenvalue weighted by atomic mass is 9.89. The van der Waals surface area contributed by atoms with E-state index < -0.39 is 0 Å². The number of halogens is 1. The lowest BCUT2D eigenvalue weighted by molar-refractivity contribution is -0.00255. The van der Waals surface area contributed by atoms with Crippen LogP contribution in [0.15, 0.2) is 22.5 Å². The number of likely N-dealkylation sites (tertiary alicyclic amines) is 1. The van der Waals surface area contributed by atoms with Crippen LogP contribution in [0.5, 0.6) is 0 Å². The van der Waals surface area contributed by atoms with Gasteiger partial charge in [-0.15, -0.1) is 35.3 Å². The zero-order valence-electron chi connectivity index (χ0n) is 19.7. The highest BCUT2D eigenvalue weighted by atomic mass is 127. The molecule has 0 bridgehead atoms. The van der Waals surface area contributed by atoms with Crippen molar-refractivity contribution >= 4 is 41.3 Å². The van der Waals surface area contributed by atoms with Crippen LogP contribution in [-0.4, -0.2) is 81.3 Å². The molecule has 8 heteroatoms. The summed E-state index contributed by atoms with van der Waals surface area (Å²) in [5, 5.41) is 9.33. The molecule has 0 spiro atoms. The summed E-state index contributed by atoms with van der Waals surface area (Å²) in [5.41, 5.74) is 0.0940. The van der Waals surface area contributed by atoms with Gasteiger partial charge in [0.2, 0.25) is 0 Å². The molecule has 0 amide bonds. The first-order valence-electron chi connectivity index (χ1n) is 11.6. The van der Waals surface area contributed by atoms with Crippen LogP contribution in [-0.2, 0) is 4.74 Å². The molecule has 3 rings (SSSR count). The van der Waals surface area contributed by atoms with Gasteiger partial charge in [0.15, 0.2) is 5.96 Å². The number of aliphatic imine (C=N–C) groups is 1. The minimum atomic E-state index is 0. The van der Waals surface area contributed by atoms with Gasteiger partial charge < -0.3 is 20.3 Å². The Kier molecular flexibility index (Phi) is 11.5. The predicted octanol–water partition coefficient (Wildman–Crippen LogP) is 3.81. The first-order valence-corrected chi connectivity index (χ1v) is 12.5. The van der Waals surface area contributed by atoms with Crippen molar-refractivity contribution in [1.29, 1.82) is 0 Å². The Bertz CT molecular complexity index is 640. The molecule has 0 aliphatic carbocycles. The van der Waals surface area contributed by atoms with Crippen LogP contribution in [0.1, 0.15) is 50.4 Å². The summed E-state index contributed by atoms with van der Waals surface area (Å²) in [5.74, 6) is 1.77. The van der Waals surface area contributed by atoms with Gasteiger partial charge in [0.05, 0.1) is 12.6 Å². The highest BCUT2D eigenvalue weighted by molar-refractivity contribution is 14.0. The average molecular weight is 564 g/mol. The van der Waals surface area contributed by atoms with E-state index in [-0.39, 0.29) is 29.5 Å². The number of thiophene rings is 1. The Morgan fingerprint density at radius 2 is 2.00 bits per heavy atom. The van der Waals surface area contributed by atoms with Crippen molar-refractivity contribution in [3.05, 3.63) is 22.4 Å². The van der Waals surface area contributed by atoms with Crippen LogP contribution in [0.2, 0.25) is 0 Å². The maximum atomic E-state index is 5.61. The van der Waals surface area contributed by atoms with E-state index in [9.17, 15) is 0 Å². The lowest BCUT2D eigenvalue weighted by Crippen LogP contribution is -2.52. The van der Waals surface area contributed by atoms with Gasteiger partial charge in [-0.2, -0.15) is 0 Å². The number of hydrogen-bond acceptors (Lipinski definition) is 5. The van der Waals surface area contributed by atoms with E-state index in [4.69, 9.17) is 9.73 Å². The van der Waals surface area contributed by atoms with Crippen LogP contribution in [0, 0.1) is 5.92 Å². The summed E-state index contributed by atoms with van der Waals surface area (Å²) in [6, 6.07) is 4.86. The maximum Gasteiger partial charge on any atom is 0.191 e. The van der Waals surface area contributed by atoms with Crippen molar-refractivity contribution in [2.75, 3.05) is 60.0 Å². The number of hydrogen-bond donors (Lipinski definition) is 2. The van der Waals surface area contributed by atoms with Gasteiger partial charge in [0, 0.05) is 36.7 Å². The van der Waals surface area contributed by atoms with Crippen molar-refractivity contribution in [2.45, 2.75) is 51.1 Å². The molecular weight excluding hydrogens is 521 g/mol. The summed E-state index contributed by atoms with van der Waals surface area (Å²) in [6.07, 6.45) is 4.66. The maximum absolute atomic E-state index is 5.61. The van der Waals surface area contributed by atoms with E-state index in [1.807, 2.05) is 11.3 Å². The molecule has 1 aromatic heterocycles. The minimum Gasteiger partial charge on any atom is -0.381 e. The summed E-state index contributed by atoms with van der Waals surface area (Å²) >= 11 is 1.87. The number of likely N-dealkylation sites (N-methyl/N-ethyl adjacent to an activating group) is 1. The molecule has 0 radical (unpaired) electrons. The fourth-order valence-corrected chi connectivity index (χ4v) is 5.35. The quantitative estimate of drug-likeness (QED) is 0.287. The van der Waals surface area contributed by atoms with Gasteiger partial charge in [0.25, 0.3) is 0 Å². The molecule has 2 N–H and O–H groups in total. The average Bonchev–Trinajstić information content (AvgIpc) is 3.28. The van der Waals surface area contributed by atoms with Gasteiger partial charge in [-0.1, -0.05) is 13.0 Å². The number of nitrogens with zero attached hydrogens (tertiary/aromatic N) is 3. The molecule has 31 heavy (non-hydrogen) atoms. The Hall–Kier alpha value is -0.420. The normalized spacial score (nSPS) is 21.5. The van der Waals surface area contributed by atoms with E-state index in [1.165, 1.54) is 30.8 Å². The number of rotatable bonds is 8. The fraction of sp³-hybridized carbons (Fsp3) is 0.783. The molecule has 2 aliphatic rings. The van der Waals surface area contributed by atoms with Gasteiger partial charge in [-0.05, 0) is 77.2 Å². The molecule has 2 aliphatic heterocycles. The first-order chi connectivity index (χ1) is 14.5. The van der Waals surface area contributed by atoms with Crippen LogP contribution in [0.25, 0.3) is 0 Å². The van der Waals surface area contributed by atoms with E-state index in [0.717, 1.165) is 57.6 Å². The van der Waals surface area contributed by atoms with Gasteiger partial charge in [0.1, 0.15) is 0 Å². The third-order valence-corrected chi connectivity index (χ3v) is 7.81. The highest BCUT2D eigenvalue weighted by Crippen LogP contribution is 2.29. The summed E-state index contributed by atoms with van der Waals surface area (Å²) in [6.45, 7) is 11.1. The van der Waals surface area contributed by atoms with Crippen LogP contribution in [0.3, 0.4) is 0 Å². The Labute approximate surface area is 210 Å². The second-order valence-corrected chi connectivity index (χ2v) is 10.0. The number of ether oxygens (including phenoxy) is 1. The van der Waals surface area contributed by atoms with E-state index in [2.05, 4.69) is 65.9 Å². The fourth-order valence-electron chi connectivity index (χ4n) is 4.49. The van der Waals surface area contributed by atoms with Gasteiger partial charge in [-0.3, -0.25) is 9.89 Å².